The van der Waals surface area contributed by atoms with Crippen LogP contribution in [-0.4, -0.2) is 35.0 Å². The number of thiophene rings is 1. The number of carboxylic acids is 1. The highest BCUT2D eigenvalue weighted by atomic mass is 32.1. The highest BCUT2D eigenvalue weighted by Crippen LogP contribution is 2.27. The zero-order valence-corrected chi connectivity index (χ0v) is 13.0. The van der Waals surface area contributed by atoms with E-state index in [0.717, 1.165) is 16.3 Å². The SMILES string of the molecule is O=C(O)CCc1ccc(-c2cccs2)n1CCOCC(F)(F)F. The molecule has 23 heavy (non-hydrogen) atoms. The van der Waals surface area contributed by atoms with Gasteiger partial charge in [0, 0.05) is 12.2 Å². The number of hydrogen-bond donors (Lipinski definition) is 1. The molecule has 2 rings (SSSR count). The number of aliphatic carboxylic acids is 1. The van der Waals surface area contributed by atoms with E-state index in [0.29, 0.717) is 6.42 Å². The van der Waals surface area contributed by atoms with E-state index in [1.54, 1.807) is 0 Å². The van der Waals surface area contributed by atoms with E-state index < -0.39 is 18.8 Å². The van der Waals surface area contributed by atoms with Crippen LogP contribution in [0.3, 0.4) is 0 Å². The van der Waals surface area contributed by atoms with Crippen LogP contribution in [0.1, 0.15) is 12.1 Å². The monoisotopic (exact) mass is 347 g/mol. The molecule has 2 aromatic rings. The maximum Gasteiger partial charge on any atom is 0.411 e. The van der Waals surface area contributed by atoms with Crippen molar-refractivity contribution in [2.75, 3.05) is 13.2 Å². The first kappa shape index (κ1) is 17.6. The third kappa shape index (κ3) is 5.40. The first-order valence-corrected chi connectivity index (χ1v) is 7.83. The number of rotatable bonds is 8. The van der Waals surface area contributed by atoms with Crippen molar-refractivity contribution in [2.24, 2.45) is 0 Å². The van der Waals surface area contributed by atoms with Gasteiger partial charge in [-0.2, -0.15) is 13.2 Å². The van der Waals surface area contributed by atoms with Gasteiger partial charge < -0.3 is 14.4 Å². The predicted molar refractivity (Wildman–Crippen MR) is 80.6 cm³/mol. The van der Waals surface area contributed by atoms with Crippen LogP contribution in [0.4, 0.5) is 13.2 Å². The summed E-state index contributed by atoms with van der Waals surface area (Å²) in [6.07, 6.45) is -4.06. The van der Waals surface area contributed by atoms with E-state index in [1.807, 2.05) is 34.2 Å². The lowest BCUT2D eigenvalue weighted by molar-refractivity contribution is -0.174. The van der Waals surface area contributed by atoms with Crippen LogP contribution in [0, 0.1) is 0 Å². The van der Waals surface area contributed by atoms with Crippen LogP contribution in [0.5, 0.6) is 0 Å². The second kappa shape index (κ2) is 7.65. The van der Waals surface area contributed by atoms with Gasteiger partial charge in [-0.15, -0.1) is 11.3 Å². The fourth-order valence-corrected chi connectivity index (χ4v) is 2.97. The standard InChI is InChI=1S/C15H16F3NO3S/c16-15(17,18)10-22-8-7-19-11(4-6-14(20)21)3-5-12(19)13-2-1-9-23-13/h1-3,5,9H,4,6-8,10H2,(H,20,21). The number of hydrogen-bond acceptors (Lipinski definition) is 3. The lowest BCUT2D eigenvalue weighted by Crippen LogP contribution is -2.19. The molecule has 0 amide bonds. The number of aromatic nitrogens is 1. The normalized spacial score (nSPS) is 11.8. The van der Waals surface area contributed by atoms with Crippen molar-refractivity contribution in [3.05, 3.63) is 35.3 Å². The Hall–Kier alpha value is -1.80. The Labute approximate surface area is 135 Å². The molecule has 0 saturated carbocycles. The van der Waals surface area contributed by atoms with Crippen LogP contribution in [-0.2, 0) is 22.5 Å². The van der Waals surface area contributed by atoms with Crippen LogP contribution in [0.15, 0.2) is 29.6 Å². The fraction of sp³-hybridized carbons (Fsp3) is 0.400. The highest BCUT2D eigenvalue weighted by Gasteiger charge is 2.27. The molecule has 0 unspecified atom stereocenters. The van der Waals surface area contributed by atoms with Crippen molar-refractivity contribution in [3.8, 4) is 10.6 Å². The van der Waals surface area contributed by atoms with E-state index in [4.69, 9.17) is 5.11 Å². The van der Waals surface area contributed by atoms with Crippen LogP contribution in [0.2, 0.25) is 0 Å². The largest absolute Gasteiger partial charge is 0.481 e. The summed E-state index contributed by atoms with van der Waals surface area (Å²) in [7, 11) is 0. The first-order chi connectivity index (χ1) is 10.9. The summed E-state index contributed by atoms with van der Waals surface area (Å²) in [6.45, 7) is -1.13. The van der Waals surface area contributed by atoms with Gasteiger partial charge in [-0.3, -0.25) is 4.79 Å². The average Bonchev–Trinajstić information content (AvgIpc) is 3.09. The van der Waals surface area contributed by atoms with Crippen LogP contribution in [0.25, 0.3) is 10.6 Å². The van der Waals surface area contributed by atoms with E-state index in [1.165, 1.54) is 11.3 Å². The maximum atomic E-state index is 12.1. The number of carbonyl (C=O) groups is 1. The Morgan fingerprint density at radius 2 is 2.09 bits per heavy atom. The quantitative estimate of drug-likeness (QED) is 0.739. The first-order valence-electron chi connectivity index (χ1n) is 6.95. The van der Waals surface area contributed by atoms with Gasteiger partial charge in [-0.25, -0.2) is 0 Å². The molecule has 0 fully saturated rings. The van der Waals surface area contributed by atoms with Gasteiger partial charge in [-0.1, -0.05) is 6.07 Å². The van der Waals surface area contributed by atoms with Crippen molar-refractivity contribution >= 4 is 17.3 Å². The van der Waals surface area contributed by atoms with Gasteiger partial charge in [0.15, 0.2) is 0 Å². The molecule has 0 spiro atoms. The van der Waals surface area contributed by atoms with Crippen molar-refractivity contribution in [2.45, 2.75) is 25.6 Å². The Kier molecular flexibility index (Phi) is 5.84. The zero-order valence-electron chi connectivity index (χ0n) is 12.2. The Balaban J connectivity index is 2.09. The minimum absolute atomic E-state index is 0.0305. The van der Waals surface area contributed by atoms with Crippen molar-refractivity contribution < 1.29 is 27.8 Å². The van der Waals surface area contributed by atoms with E-state index in [-0.39, 0.29) is 19.6 Å². The van der Waals surface area contributed by atoms with Gasteiger partial charge in [0.25, 0.3) is 0 Å². The molecule has 1 N–H and O–H groups in total. The smallest absolute Gasteiger partial charge is 0.411 e. The number of alkyl halides is 3. The molecule has 0 aliphatic carbocycles. The summed E-state index contributed by atoms with van der Waals surface area (Å²) >= 11 is 1.51. The number of ether oxygens (including phenoxy) is 1. The molecule has 0 aliphatic rings. The molecule has 0 atom stereocenters. The van der Waals surface area contributed by atoms with Crippen molar-refractivity contribution in [1.29, 1.82) is 0 Å². The molecule has 0 bridgehead atoms. The van der Waals surface area contributed by atoms with Gasteiger partial charge >= 0.3 is 12.1 Å². The molecule has 0 saturated heterocycles. The Morgan fingerprint density at radius 3 is 2.70 bits per heavy atom. The van der Waals surface area contributed by atoms with Crippen LogP contribution < -0.4 is 0 Å². The van der Waals surface area contributed by atoms with Gasteiger partial charge in [0.1, 0.15) is 6.61 Å². The second-order valence-electron chi connectivity index (χ2n) is 4.90. The van der Waals surface area contributed by atoms with E-state index >= 15 is 0 Å². The third-order valence-electron chi connectivity index (χ3n) is 3.16. The summed E-state index contributed by atoms with van der Waals surface area (Å²) in [5.41, 5.74) is 1.63. The van der Waals surface area contributed by atoms with Gasteiger partial charge in [0.2, 0.25) is 0 Å². The van der Waals surface area contributed by atoms with Gasteiger partial charge in [0.05, 0.1) is 23.6 Å². The molecular weight excluding hydrogens is 331 g/mol. The van der Waals surface area contributed by atoms with E-state index in [9.17, 15) is 18.0 Å². The molecule has 0 aromatic carbocycles. The lowest BCUT2D eigenvalue weighted by Gasteiger charge is -2.14. The number of halogens is 3. The highest BCUT2D eigenvalue weighted by molar-refractivity contribution is 7.13. The lowest BCUT2D eigenvalue weighted by atomic mass is 10.2. The summed E-state index contributed by atoms with van der Waals surface area (Å²) in [6, 6.07) is 7.46. The molecule has 4 nitrogen and oxygen atoms in total. The summed E-state index contributed by atoms with van der Waals surface area (Å²) in [4.78, 5) is 11.7. The Bertz CT molecular complexity index is 635. The molecule has 2 aromatic heterocycles. The number of aryl methyl sites for hydroxylation is 1. The minimum Gasteiger partial charge on any atom is -0.481 e. The maximum absolute atomic E-state index is 12.1. The summed E-state index contributed by atoms with van der Waals surface area (Å²) in [5, 5.41) is 10.7. The number of carboxylic acid groups (broad SMARTS) is 1. The molecule has 126 valence electrons. The summed E-state index contributed by atoms with van der Waals surface area (Å²) < 4.78 is 42.8. The molecule has 2 heterocycles. The zero-order chi connectivity index (χ0) is 16.9. The molecule has 8 heteroatoms. The molecule has 0 aliphatic heterocycles. The van der Waals surface area contributed by atoms with Crippen LogP contribution >= 0.6 is 11.3 Å². The van der Waals surface area contributed by atoms with Crippen molar-refractivity contribution in [1.82, 2.24) is 4.57 Å². The average molecular weight is 347 g/mol. The summed E-state index contributed by atoms with van der Waals surface area (Å²) in [5.74, 6) is -0.913. The van der Waals surface area contributed by atoms with Gasteiger partial charge in [-0.05, 0) is 30.0 Å². The predicted octanol–water partition coefficient (Wildman–Crippen LogP) is 3.81. The number of nitrogens with zero attached hydrogens (tertiary/aromatic N) is 1. The van der Waals surface area contributed by atoms with E-state index in [2.05, 4.69) is 4.74 Å². The minimum atomic E-state index is -4.35. The Morgan fingerprint density at radius 1 is 1.30 bits per heavy atom. The molecular formula is C15H16F3NO3S. The van der Waals surface area contributed by atoms with Crippen molar-refractivity contribution in [3.63, 3.8) is 0 Å². The second-order valence-corrected chi connectivity index (χ2v) is 5.85. The molecule has 0 radical (unpaired) electrons. The topological polar surface area (TPSA) is 51.5 Å². The fourth-order valence-electron chi connectivity index (χ4n) is 2.21. The third-order valence-corrected chi connectivity index (χ3v) is 4.06.